The van der Waals surface area contributed by atoms with Crippen LogP contribution in [0.25, 0.3) is 0 Å². The third-order valence-corrected chi connectivity index (χ3v) is 2.82. The summed E-state index contributed by atoms with van der Waals surface area (Å²) in [6, 6.07) is 2.75. The van der Waals surface area contributed by atoms with Crippen molar-refractivity contribution in [1.82, 2.24) is 4.98 Å². The van der Waals surface area contributed by atoms with Gasteiger partial charge in [0.1, 0.15) is 15.6 Å². The summed E-state index contributed by atoms with van der Waals surface area (Å²) in [5, 5.41) is 0. The second-order valence-corrected chi connectivity index (χ2v) is 5.47. The summed E-state index contributed by atoms with van der Waals surface area (Å²) in [7, 11) is -1.62. The maximum atomic E-state index is 11.1. The standard InChI is InChI=1S/C9H14N2O3S/c1-14-8-4-3-5-11-9(8)7(10)6-15(2,12)13/h3-5,7H,6,10H2,1-2H3. The highest BCUT2D eigenvalue weighted by Gasteiger charge is 2.17. The third-order valence-electron chi connectivity index (χ3n) is 1.85. The van der Waals surface area contributed by atoms with Crippen LogP contribution < -0.4 is 10.5 Å². The van der Waals surface area contributed by atoms with Crippen LogP contribution in [0.1, 0.15) is 11.7 Å². The van der Waals surface area contributed by atoms with E-state index < -0.39 is 15.9 Å². The molecule has 1 atom stereocenters. The lowest BCUT2D eigenvalue weighted by atomic mass is 10.2. The van der Waals surface area contributed by atoms with Crippen molar-refractivity contribution in [3.8, 4) is 5.75 Å². The van der Waals surface area contributed by atoms with Crippen LogP contribution in [0.15, 0.2) is 18.3 Å². The van der Waals surface area contributed by atoms with Crippen molar-refractivity contribution in [2.75, 3.05) is 19.1 Å². The van der Waals surface area contributed by atoms with Crippen molar-refractivity contribution >= 4 is 9.84 Å². The zero-order chi connectivity index (χ0) is 11.5. The van der Waals surface area contributed by atoms with Gasteiger partial charge in [-0.25, -0.2) is 8.42 Å². The van der Waals surface area contributed by atoms with Gasteiger partial charge in [-0.1, -0.05) is 0 Å². The zero-order valence-electron chi connectivity index (χ0n) is 8.67. The Hall–Kier alpha value is -1.14. The van der Waals surface area contributed by atoms with Gasteiger partial charge in [0.05, 0.1) is 24.6 Å². The summed E-state index contributed by atoms with van der Waals surface area (Å²) in [4.78, 5) is 4.02. The molecule has 1 aromatic rings. The van der Waals surface area contributed by atoms with Crippen LogP contribution in [0.5, 0.6) is 5.75 Å². The van der Waals surface area contributed by atoms with Gasteiger partial charge >= 0.3 is 0 Å². The van der Waals surface area contributed by atoms with Crippen molar-refractivity contribution in [1.29, 1.82) is 0 Å². The molecule has 0 aliphatic heterocycles. The maximum absolute atomic E-state index is 11.1. The van der Waals surface area contributed by atoms with E-state index in [0.29, 0.717) is 11.4 Å². The second-order valence-electron chi connectivity index (χ2n) is 3.29. The van der Waals surface area contributed by atoms with Gasteiger partial charge < -0.3 is 10.5 Å². The predicted molar refractivity (Wildman–Crippen MR) is 57.4 cm³/mol. The summed E-state index contributed by atoms with van der Waals surface area (Å²) in [5.74, 6) is 0.369. The van der Waals surface area contributed by atoms with E-state index >= 15 is 0 Å². The number of rotatable bonds is 4. The molecule has 0 aromatic carbocycles. The molecule has 84 valence electrons. The molecule has 0 amide bonds. The van der Waals surface area contributed by atoms with E-state index in [1.165, 1.54) is 7.11 Å². The second kappa shape index (κ2) is 4.59. The third kappa shape index (κ3) is 3.49. The lowest BCUT2D eigenvalue weighted by Crippen LogP contribution is -2.22. The Morgan fingerprint density at radius 3 is 2.80 bits per heavy atom. The van der Waals surface area contributed by atoms with Crippen molar-refractivity contribution in [2.24, 2.45) is 5.73 Å². The number of pyridine rings is 1. The summed E-state index contributed by atoms with van der Waals surface area (Å²) in [6.07, 6.45) is 2.70. The average Bonchev–Trinajstić information content (AvgIpc) is 2.15. The number of ether oxygens (including phenoxy) is 1. The van der Waals surface area contributed by atoms with Gasteiger partial charge in [0.15, 0.2) is 0 Å². The Morgan fingerprint density at radius 2 is 2.27 bits per heavy atom. The number of methoxy groups -OCH3 is 1. The Morgan fingerprint density at radius 1 is 1.60 bits per heavy atom. The number of nitrogens with two attached hydrogens (primary N) is 1. The first-order valence-electron chi connectivity index (χ1n) is 4.36. The first-order chi connectivity index (χ1) is 6.94. The molecule has 1 unspecified atom stereocenters. The van der Waals surface area contributed by atoms with Crippen LogP contribution in [-0.4, -0.2) is 32.5 Å². The van der Waals surface area contributed by atoms with Gasteiger partial charge in [-0.3, -0.25) is 4.98 Å². The fourth-order valence-electron chi connectivity index (χ4n) is 1.26. The molecule has 0 spiro atoms. The minimum atomic E-state index is -3.12. The van der Waals surface area contributed by atoms with Gasteiger partial charge in [-0.15, -0.1) is 0 Å². The van der Waals surface area contributed by atoms with Crippen molar-refractivity contribution < 1.29 is 13.2 Å². The van der Waals surface area contributed by atoms with Crippen LogP contribution in [0.4, 0.5) is 0 Å². The van der Waals surface area contributed by atoms with E-state index in [1.54, 1.807) is 18.3 Å². The SMILES string of the molecule is COc1cccnc1C(N)CS(C)(=O)=O. The molecule has 0 bridgehead atoms. The minimum Gasteiger partial charge on any atom is -0.495 e. The van der Waals surface area contributed by atoms with Crippen LogP contribution in [0.3, 0.4) is 0 Å². The molecule has 0 saturated carbocycles. The molecule has 1 heterocycles. The summed E-state index contributed by atoms with van der Waals surface area (Å²) in [5.41, 5.74) is 6.20. The Bertz CT molecular complexity index is 431. The first kappa shape index (κ1) is 11.9. The topological polar surface area (TPSA) is 82.3 Å². The predicted octanol–water partition coefficient (Wildman–Crippen LogP) is 0.135. The monoisotopic (exact) mass is 230 g/mol. The molecule has 0 aliphatic carbocycles. The Kier molecular flexibility index (Phi) is 3.65. The highest BCUT2D eigenvalue weighted by atomic mass is 32.2. The van der Waals surface area contributed by atoms with Gasteiger partial charge in [-0.05, 0) is 12.1 Å². The molecule has 0 radical (unpaired) electrons. The zero-order valence-corrected chi connectivity index (χ0v) is 9.49. The molecule has 5 nitrogen and oxygen atoms in total. The molecule has 1 rings (SSSR count). The molecule has 0 saturated heterocycles. The van der Waals surface area contributed by atoms with Crippen molar-refractivity contribution in [3.63, 3.8) is 0 Å². The number of sulfone groups is 1. The first-order valence-corrected chi connectivity index (χ1v) is 6.42. The highest BCUT2D eigenvalue weighted by molar-refractivity contribution is 7.90. The van der Waals surface area contributed by atoms with E-state index in [0.717, 1.165) is 6.26 Å². The maximum Gasteiger partial charge on any atom is 0.149 e. The number of hydrogen-bond acceptors (Lipinski definition) is 5. The normalized spacial score (nSPS) is 13.5. The van der Waals surface area contributed by atoms with Gasteiger partial charge in [0, 0.05) is 12.5 Å². The van der Waals surface area contributed by atoms with E-state index in [-0.39, 0.29) is 5.75 Å². The Labute approximate surface area is 89.2 Å². The lowest BCUT2D eigenvalue weighted by Gasteiger charge is -2.12. The van der Waals surface area contributed by atoms with Crippen LogP contribution in [0.2, 0.25) is 0 Å². The Balaban J connectivity index is 2.95. The van der Waals surface area contributed by atoms with E-state index in [9.17, 15) is 8.42 Å². The quantitative estimate of drug-likeness (QED) is 0.795. The van der Waals surface area contributed by atoms with Gasteiger partial charge in [0.2, 0.25) is 0 Å². The van der Waals surface area contributed by atoms with Crippen LogP contribution in [0, 0.1) is 0 Å². The molecule has 2 N–H and O–H groups in total. The molecule has 6 heteroatoms. The molecule has 0 fully saturated rings. The number of nitrogens with zero attached hydrogens (tertiary/aromatic N) is 1. The molecular formula is C9H14N2O3S. The smallest absolute Gasteiger partial charge is 0.149 e. The fourth-order valence-corrected chi connectivity index (χ4v) is 2.07. The summed E-state index contributed by atoms with van der Waals surface area (Å²) >= 11 is 0. The van der Waals surface area contributed by atoms with E-state index in [2.05, 4.69) is 4.98 Å². The lowest BCUT2D eigenvalue weighted by molar-refractivity contribution is 0.403. The van der Waals surface area contributed by atoms with Gasteiger partial charge in [-0.2, -0.15) is 0 Å². The number of aromatic nitrogens is 1. The van der Waals surface area contributed by atoms with Crippen LogP contribution in [-0.2, 0) is 9.84 Å². The fraction of sp³-hybridized carbons (Fsp3) is 0.444. The molecule has 0 aliphatic rings. The average molecular weight is 230 g/mol. The van der Waals surface area contributed by atoms with E-state index in [1.807, 2.05) is 0 Å². The minimum absolute atomic E-state index is 0.139. The van der Waals surface area contributed by atoms with Crippen LogP contribution >= 0.6 is 0 Å². The van der Waals surface area contributed by atoms with Crippen molar-refractivity contribution in [2.45, 2.75) is 6.04 Å². The molecule has 15 heavy (non-hydrogen) atoms. The molecule has 1 aromatic heterocycles. The summed E-state index contributed by atoms with van der Waals surface area (Å²) in [6.45, 7) is 0. The van der Waals surface area contributed by atoms with E-state index in [4.69, 9.17) is 10.5 Å². The largest absolute Gasteiger partial charge is 0.495 e. The highest BCUT2D eigenvalue weighted by Crippen LogP contribution is 2.21. The molecular weight excluding hydrogens is 216 g/mol. The number of hydrogen-bond donors (Lipinski definition) is 1. The van der Waals surface area contributed by atoms with Gasteiger partial charge in [0.25, 0.3) is 0 Å². The summed E-state index contributed by atoms with van der Waals surface area (Å²) < 4.78 is 27.2. The van der Waals surface area contributed by atoms with Crippen molar-refractivity contribution in [3.05, 3.63) is 24.0 Å².